The highest BCUT2D eigenvalue weighted by Crippen LogP contribution is 2.33. The van der Waals surface area contributed by atoms with E-state index in [9.17, 15) is 4.79 Å². The second-order valence-corrected chi connectivity index (χ2v) is 5.93. The molecule has 1 saturated heterocycles. The Morgan fingerprint density at radius 2 is 1.81 bits per heavy atom. The zero-order valence-electron chi connectivity index (χ0n) is 10.4. The monoisotopic (exact) mass is 226 g/mol. The topological polar surface area (TPSA) is 50.4 Å². The third-order valence-corrected chi connectivity index (χ3v) is 3.42. The highest BCUT2D eigenvalue weighted by Gasteiger charge is 2.40. The highest BCUT2D eigenvalue weighted by molar-refractivity contribution is 5.68. The molecule has 2 rings (SSSR count). The lowest BCUT2D eigenvalue weighted by Crippen LogP contribution is -2.51. The molecule has 4 nitrogen and oxygen atoms in total. The predicted octanol–water partition coefficient (Wildman–Crippen LogP) is 1.51. The zero-order valence-corrected chi connectivity index (χ0v) is 10.4. The van der Waals surface area contributed by atoms with Gasteiger partial charge >= 0.3 is 6.09 Å². The van der Waals surface area contributed by atoms with Crippen LogP contribution >= 0.6 is 0 Å². The van der Waals surface area contributed by atoms with E-state index < -0.39 is 5.60 Å². The van der Waals surface area contributed by atoms with E-state index in [1.807, 2.05) is 20.8 Å². The molecule has 0 aromatic heterocycles. The predicted molar refractivity (Wildman–Crippen MR) is 62.2 cm³/mol. The van der Waals surface area contributed by atoms with Gasteiger partial charge < -0.3 is 15.4 Å². The molecule has 2 bridgehead atoms. The summed E-state index contributed by atoms with van der Waals surface area (Å²) >= 11 is 0. The summed E-state index contributed by atoms with van der Waals surface area (Å²) in [6, 6.07) is 0.316. The molecule has 1 heterocycles. The minimum Gasteiger partial charge on any atom is -0.444 e. The Morgan fingerprint density at radius 1 is 1.25 bits per heavy atom. The lowest BCUT2D eigenvalue weighted by atomic mass is 9.94. The van der Waals surface area contributed by atoms with Crippen LogP contribution in [0.4, 0.5) is 4.79 Å². The van der Waals surface area contributed by atoms with Crippen LogP contribution in [0.5, 0.6) is 0 Å². The van der Waals surface area contributed by atoms with Gasteiger partial charge in [-0.15, -0.1) is 0 Å². The summed E-state index contributed by atoms with van der Waals surface area (Å²) in [7, 11) is 0. The van der Waals surface area contributed by atoms with E-state index in [1.165, 1.54) is 12.8 Å². The van der Waals surface area contributed by atoms with Gasteiger partial charge in [-0.2, -0.15) is 0 Å². The fourth-order valence-electron chi connectivity index (χ4n) is 2.76. The molecule has 1 amide bonds. The molecule has 0 spiro atoms. The molecule has 1 aliphatic carbocycles. The summed E-state index contributed by atoms with van der Waals surface area (Å²) < 4.78 is 5.29. The molecule has 1 aliphatic heterocycles. The lowest BCUT2D eigenvalue weighted by molar-refractivity contribution is 0.0468. The minimum atomic E-state index is -0.407. The fraction of sp³-hybridized carbons (Fsp3) is 0.917. The van der Waals surface area contributed by atoms with E-state index in [4.69, 9.17) is 4.74 Å². The van der Waals surface area contributed by atoms with Gasteiger partial charge in [0, 0.05) is 6.04 Å². The normalized spacial score (nSPS) is 33.6. The first-order valence-corrected chi connectivity index (χ1v) is 6.16. The summed E-state index contributed by atoms with van der Waals surface area (Å²) in [6.07, 6.45) is 2.17. The minimum absolute atomic E-state index is 0.267. The van der Waals surface area contributed by atoms with Crippen molar-refractivity contribution in [2.24, 2.45) is 11.8 Å². The maximum atomic E-state index is 11.7. The number of rotatable bonds is 1. The van der Waals surface area contributed by atoms with Crippen LogP contribution in [-0.4, -0.2) is 30.8 Å². The molecular weight excluding hydrogens is 204 g/mol. The lowest BCUT2D eigenvalue weighted by Gasteiger charge is -2.32. The number of carbonyl (C=O) groups is 1. The first-order chi connectivity index (χ1) is 7.46. The number of fused-ring (bicyclic) bond motifs is 2. The summed E-state index contributed by atoms with van der Waals surface area (Å²) in [5, 5.41) is 6.44. The fourth-order valence-corrected chi connectivity index (χ4v) is 2.76. The third kappa shape index (κ3) is 2.67. The molecule has 2 fully saturated rings. The second kappa shape index (κ2) is 4.24. The van der Waals surface area contributed by atoms with Gasteiger partial charge in [0.15, 0.2) is 0 Å². The molecule has 0 radical (unpaired) electrons. The number of nitrogens with one attached hydrogen (secondary N) is 2. The first-order valence-electron chi connectivity index (χ1n) is 6.16. The molecule has 0 aromatic carbocycles. The van der Waals surface area contributed by atoms with Gasteiger partial charge in [-0.25, -0.2) is 4.79 Å². The molecule has 4 heteroatoms. The number of hydrogen-bond donors (Lipinski definition) is 2. The molecule has 1 saturated carbocycles. The molecule has 2 aliphatic rings. The average Bonchev–Trinajstić information content (AvgIpc) is 2.39. The Kier molecular flexibility index (Phi) is 3.10. The number of hydrogen-bond acceptors (Lipinski definition) is 3. The van der Waals surface area contributed by atoms with Crippen molar-refractivity contribution in [2.75, 3.05) is 13.1 Å². The van der Waals surface area contributed by atoms with Crippen molar-refractivity contribution in [1.29, 1.82) is 0 Å². The molecule has 92 valence electrons. The van der Waals surface area contributed by atoms with Crippen LogP contribution in [0.2, 0.25) is 0 Å². The summed E-state index contributed by atoms with van der Waals surface area (Å²) in [5.41, 5.74) is -0.407. The third-order valence-electron chi connectivity index (χ3n) is 3.42. The van der Waals surface area contributed by atoms with Gasteiger partial charge in [-0.1, -0.05) is 0 Å². The second-order valence-electron chi connectivity index (χ2n) is 5.93. The van der Waals surface area contributed by atoms with Gasteiger partial charge in [0.25, 0.3) is 0 Å². The first kappa shape index (κ1) is 11.7. The maximum Gasteiger partial charge on any atom is 0.407 e. The SMILES string of the molecule is CC(C)(C)OC(=O)N[C@H]1C2CC[C@@H]1CNC2. The van der Waals surface area contributed by atoms with Crippen molar-refractivity contribution in [3.05, 3.63) is 0 Å². The van der Waals surface area contributed by atoms with Crippen molar-refractivity contribution in [3.8, 4) is 0 Å². The quantitative estimate of drug-likeness (QED) is 0.712. The van der Waals surface area contributed by atoms with Crippen LogP contribution in [0.25, 0.3) is 0 Å². The summed E-state index contributed by atoms with van der Waals surface area (Å²) in [4.78, 5) is 11.7. The smallest absolute Gasteiger partial charge is 0.407 e. The Bertz CT molecular complexity index is 257. The van der Waals surface area contributed by atoms with Crippen LogP contribution in [0.15, 0.2) is 0 Å². The summed E-state index contributed by atoms with van der Waals surface area (Å²) in [6.45, 7) is 7.73. The van der Waals surface area contributed by atoms with Crippen LogP contribution in [0.3, 0.4) is 0 Å². The van der Waals surface area contributed by atoms with Crippen LogP contribution in [-0.2, 0) is 4.74 Å². The molecule has 3 atom stereocenters. The van der Waals surface area contributed by atoms with E-state index in [0.29, 0.717) is 17.9 Å². The Balaban J connectivity index is 1.88. The van der Waals surface area contributed by atoms with E-state index in [-0.39, 0.29) is 6.09 Å². The van der Waals surface area contributed by atoms with Crippen molar-refractivity contribution >= 4 is 6.09 Å². The van der Waals surface area contributed by atoms with Gasteiger partial charge in [0.05, 0.1) is 0 Å². The Morgan fingerprint density at radius 3 is 2.31 bits per heavy atom. The zero-order chi connectivity index (χ0) is 11.8. The van der Waals surface area contributed by atoms with E-state index in [0.717, 1.165) is 13.1 Å². The van der Waals surface area contributed by atoms with Gasteiger partial charge in [0.2, 0.25) is 0 Å². The maximum absolute atomic E-state index is 11.7. The van der Waals surface area contributed by atoms with E-state index >= 15 is 0 Å². The summed E-state index contributed by atoms with van der Waals surface area (Å²) in [5.74, 6) is 1.18. The van der Waals surface area contributed by atoms with Crippen LogP contribution < -0.4 is 10.6 Å². The molecule has 1 unspecified atom stereocenters. The van der Waals surface area contributed by atoms with E-state index in [2.05, 4.69) is 10.6 Å². The van der Waals surface area contributed by atoms with Gasteiger partial charge in [0.1, 0.15) is 5.60 Å². The standard InChI is InChI=1S/C12H22N2O2/c1-12(2,3)16-11(15)14-10-8-4-5-9(10)7-13-6-8/h8-10,13H,4-7H2,1-3H3,(H,14,15)/t8-,9?,10-/m1/s1. The molecule has 2 N–H and O–H groups in total. The molecule has 0 aromatic rings. The molecular formula is C12H22N2O2. The van der Waals surface area contributed by atoms with Crippen molar-refractivity contribution < 1.29 is 9.53 Å². The van der Waals surface area contributed by atoms with Crippen LogP contribution in [0.1, 0.15) is 33.6 Å². The molecule has 16 heavy (non-hydrogen) atoms. The average molecular weight is 226 g/mol. The number of amides is 1. The van der Waals surface area contributed by atoms with Crippen molar-refractivity contribution in [2.45, 2.75) is 45.3 Å². The van der Waals surface area contributed by atoms with Crippen molar-refractivity contribution in [3.63, 3.8) is 0 Å². The van der Waals surface area contributed by atoms with Gasteiger partial charge in [-0.05, 0) is 58.5 Å². The number of carbonyl (C=O) groups excluding carboxylic acids is 1. The van der Waals surface area contributed by atoms with E-state index in [1.54, 1.807) is 0 Å². The number of ether oxygens (including phenoxy) is 1. The number of piperidine rings is 1. The Hall–Kier alpha value is -0.770. The van der Waals surface area contributed by atoms with Gasteiger partial charge in [-0.3, -0.25) is 0 Å². The highest BCUT2D eigenvalue weighted by atomic mass is 16.6. The van der Waals surface area contributed by atoms with Crippen molar-refractivity contribution in [1.82, 2.24) is 10.6 Å². The number of alkyl carbamates (subject to hydrolysis) is 1. The Labute approximate surface area is 97.1 Å². The largest absolute Gasteiger partial charge is 0.444 e. The van der Waals surface area contributed by atoms with Crippen LogP contribution in [0, 0.1) is 11.8 Å².